The average Bonchev–Trinajstić information content (AvgIpc) is 2.76. The van der Waals surface area contributed by atoms with Crippen molar-refractivity contribution in [3.8, 4) is 11.5 Å². The van der Waals surface area contributed by atoms with E-state index in [-0.39, 0.29) is 13.2 Å². The Hall–Kier alpha value is -3.32. The number of aromatic nitrogens is 1. The number of benzene rings is 2. The molecule has 0 unspecified atom stereocenters. The fourth-order valence-corrected chi connectivity index (χ4v) is 2.88. The molecular weight excluding hydrogens is 394 g/mol. The lowest BCUT2D eigenvalue weighted by atomic mass is 10.1. The molecule has 0 fully saturated rings. The average molecular weight is 414 g/mol. The standard InChI is InChI=1S/C21H20ClN3O4/c1-2-14-6-3-4-8-17(14)28-12-19(26)24-25-20(27)13-29-18-10-9-16(22)15-7-5-11-23-21(15)18/h3-11H,2,12-13H2,1H3,(H,24,26)(H,25,27). The van der Waals surface area contributed by atoms with Gasteiger partial charge in [0.1, 0.15) is 17.0 Å². The molecule has 2 amide bonds. The van der Waals surface area contributed by atoms with E-state index in [0.29, 0.717) is 22.0 Å². The molecule has 0 aliphatic carbocycles. The van der Waals surface area contributed by atoms with Crippen LogP contribution in [0.5, 0.6) is 11.5 Å². The first-order chi connectivity index (χ1) is 14.1. The van der Waals surface area contributed by atoms with Gasteiger partial charge in [0.15, 0.2) is 13.2 Å². The van der Waals surface area contributed by atoms with E-state index in [2.05, 4.69) is 15.8 Å². The molecule has 29 heavy (non-hydrogen) atoms. The van der Waals surface area contributed by atoms with Gasteiger partial charge in [-0.25, -0.2) is 0 Å². The van der Waals surface area contributed by atoms with E-state index in [1.807, 2.05) is 31.2 Å². The first-order valence-electron chi connectivity index (χ1n) is 9.03. The first-order valence-corrected chi connectivity index (χ1v) is 9.40. The summed E-state index contributed by atoms with van der Waals surface area (Å²) in [5.74, 6) is 0.0575. The summed E-state index contributed by atoms with van der Waals surface area (Å²) < 4.78 is 11.0. The number of para-hydroxylation sites is 1. The molecule has 0 radical (unpaired) electrons. The summed E-state index contributed by atoms with van der Waals surface area (Å²) in [4.78, 5) is 28.1. The number of amides is 2. The fraction of sp³-hybridized carbons (Fsp3) is 0.190. The number of rotatable bonds is 7. The maximum absolute atomic E-state index is 12.0. The summed E-state index contributed by atoms with van der Waals surface area (Å²) in [5.41, 5.74) is 6.14. The number of hydrogen-bond donors (Lipinski definition) is 2. The summed E-state index contributed by atoms with van der Waals surface area (Å²) in [6.45, 7) is 1.49. The summed E-state index contributed by atoms with van der Waals surface area (Å²) in [6.07, 6.45) is 2.41. The molecule has 0 aliphatic rings. The Labute approximate surface area is 173 Å². The third-order valence-electron chi connectivity index (χ3n) is 4.09. The number of pyridine rings is 1. The molecule has 0 bridgehead atoms. The van der Waals surface area contributed by atoms with Gasteiger partial charge in [0.2, 0.25) is 0 Å². The molecule has 3 aromatic rings. The van der Waals surface area contributed by atoms with Crippen LogP contribution in [-0.2, 0) is 16.0 Å². The maximum Gasteiger partial charge on any atom is 0.276 e. The van der Waals surface area contributed by atoms with Crippen molar-refractivity contribution < 1.29 is 19.1 Å². The van der Waals surface area contributed by atoms with Crippen molar-refractivity contribution in [1.29, 1.82) is 0 Å². The highest BCUT2D eigenvalue weighted by atomic mass is 35.5. The van der Waals surface area contributed by atoms with Crippen molar-refractivity contribution in [3.63, 3.8) is 0 Å². The minimum atomic E-state index is -0.522. The highest BCUT2D eigenvalue weighted by Gasteiger charge is 2.11. The van der Waals surface area contributed by atoms with Crippen LogP contribution in [0.25, 0.3) is 10.9 Å². The van der Waals surface area contributed by atoms with Crippen LogP contribution in [0.3, 0.4) is 0 Å². The van der Waals surface area contributed by atoms with Gasteiger partial charge in [-0.3, -0.25) is 25.4 Å². The lowest BCUT2D eigenvalue weighted by Gasteiger charge is -2.12. The number of ether oxygens (including phenoxy) is 2. The Morgan fingerprint density at radius 2 is 1.62 bits per heavy atom. The van der Waals surface area contributed by atoms with E-state index in [1.165, 1.54) is 0 Å². The number of nitrogens with one attached hydrogen (secondary N) is 2. The Kier molecular flexibility index (Phi) is 6.86. The molecule has 7 nitrogen and oxygen atoms in total. The second-order valence-corrected chi connectivity index (χ2v) is 6.49. The molecule has 8 heteroatoms. The minimum absolute atomic E-state index is 0.218. The van der Waals surface area contributed by atoms with E-state index in [1.54, 1.807) is 30.5 Å². The Balaban J connectivity index is 1.47. The van der Waals surface area contributed by atoms with Gasteiger partial charge in [0, 0.05) is 11.6 Å². The van der Waals surface area contributed by atoms with Gasteiger partial charge in [0.25, 0.3) is 11.8 Å². The van der Waals surface area contributed by atoms with Crippen molar-refractivity contribution in [2.24, 2.45) is 0 Å². The monoisotopic (exact) mass is 413 g/mol. The molecular formula is C21H20ClN3O4. The molecule has 2 N–H and O–H groups in total. The smallest absolute Gasteiger partial charge is 0.276 e. The van der Waals surface area contributed by atoms with Crippen LogP contribution in [0, 0.1) is 0 Å². The van der Waals surface area contributed by atoms with Gasteiger partial charge in [-0.2, -0.15) is 0 Å². The lowest BCUT2D eigenvalue weighted by molar-refractivity contribution is -0.130. The number of halogens is 1. The van der Waals surface area contributed by atoms with Gasteiger partial charge >= 0.3 is 0 Å². The van der Waals surface area contributed by atoms with Crippen LogP contribution >= 0.6 is 11.6 Å². The number of carbonyl (C=O) groups excluding carboxylic acids is 2. The van der Waals surface area contributed by atoms with Crippen molar-refractivity contribution in [1.82, 2.24) is 15.8 Å². The molecule has 0 saturated carbocycles. The van der Waals surface area contributed by atoms with Crippen LogP contribution < -0.4 is 20.3 Å². The van der Waals surface area contributed by atoms with Crippen molar-refractivity contribution >= 4 is 34.3 Å². The van der Waals surface area contributed by atoms with Crippen molar-refractivity contribution in [2.75, 3.05) is 13.2 Å². The zero-order chi connectivity index (χ0) is 20.6. The van der Waals surface area contributed by atoms with Crippen LogP contribution in [-0.4, -0.2) is 30.0 Å². The number of nitrogens with zero attached hydrogens (tertiary/aromatic N) is 1. The van der Waals surface area contributed by atoms with Crippen LogP contribution in [0.4, 0.5) is 0 Å². The van der Waals surface area contributed by atoms with E-state index in [0.717, 1.165) is 17.4 Å². The third-order valence-corrected chi connectivity index (χ3v) is 4.42. The number of fused-ring (bicyclic) bond motifs is 1. The molecule has 0 spiro atoms. The zero-order valence-electron chi connectivity index (χ0n) is 15.8. The second kappa shape index (κ2) is 9.75. The minimum Gasteiger partial charge on any atom is -0.483 e. The molecule has 0 aliphatic heterocycles. The number of aryl methyl sites for hydroxylation is 1. The summed E-state index contributed by atoms with van der Waals surface area (Å²) in [6, 6.07) is 14.4. The normalized spacial score (nSPS) is 10.4. The summed E-state index contributed by atoms with van der Waals surface area (Å²) in [5, 5.41) is 1.27. The summed E-state index contributed by atoms with van der Waals surface area (Å²) in [7, 11) is 0. The van der Waals surface area contributed by atoms with Crippen LogP contribution in [0.1, 0.15) is 12.5 Å². The van der Waals surface area contributed by atoms with Crippen molar-refractivity contribution in [2.45, 2.75) is 13.3 Å². The summed E-state index contributed by atoms with van der Waals surface area (Å²) >= 11 is 6.14. The third kappa shape index (κ3) is 5.36. The molecule has 150 valence electrons. The largest absolute Gasteiger partial charge is 0.483 e. The highest BCUT2D eigenvalue weighted by molar-refractivity contribution is 6.35. The van der Waals surface area contributed by atoms with E-state index in [4.69, 9.17) is 21.1 Å². The molecule has 0 saturated heterocycles. The zero-order valence-corrected chi connectivity index (χ0v) is 16.5. The second-order valence-electron chi connectivity index (χ2n) is 6.08. The number of hydrogen-bond acceptors (Lipinski definition) is 5. The van der Waals surface area contributed by atoms with Crippen LogP contribution in [0.2, 0.25) is 5.02 Å². The van der Waals surface area contributed by atoms with Gasteiger partial charge in [-0.15, -0.1) is 0 Å². The van der Waals surface area contributed by atoms with Crippen molar-refractivity contribution in [3.05, 3.63) is 65.3 Å². The topological polar surface area (TPSA) is 89.6 Å². The maximum atomic E-state index is 12.0. The highest BCUT2D eigenvalue weighted by Crippen LogP contribution is 2.29. The van der Waals surface area contributed by atoms with Gasteiger partial charge in [-0.05, 0) is 42.3 Å². The van der Waals surface area contributed by atoms with Gasteiger partial charge in [0.05, 0.1) is 5.02 Å². The van der Waals surface area contributed by atoms with E-state index < -0.39 is 11.8 Å². The Morgan fingerprint density at radius 1 is 0.931 bits per heavy atom. The fourth-order valence-electron chi connectivity index (χ4n) is 2.66. The predicted molar refractivity (Wildman–Crippen MR) is 110 cm³/mol. The molecule has 1 aromatic heterocycles. The number of hydrazine groups is 1. The molecule has 1 heterocycles. The first kappa shape index (κ1) is 20.4. The van der Waals surface area contributed by atoms with E-state index >= 15 is 0 Å². The molecule has 0 atom stereocenters. The predicted octanol–water partition coefficient (Wildman–Crippen LogP) is 3.06. The van der Waals surface area contributed by atoms with Gasteiger partial charge < -0.3 is 9.47 Å². The SMILES string of the molecule is CCc1ccccc1OCC(=O)NNC(=O)COc1ccc(Cl)c2cccnc12. The molecule has 3 rings (SSSR count). The van der Waals surface area contributed by atoms with Crippen LogP contribution in [0.15, 0.2) is 54.7 Å². The quantitative estimate of drug-likeness (QED) is 0.581. The lowest BCUT2D eigenvalue weighted by Crippen LogP contribution is -2.45. The molecule has 2 aromatic carbocycles. The Morgan fingerprint density at radius 3 is 2.34 bits per heavy atom. The number of carbonyl (C=O) groups is 2. The van der Waals surface area contributed by atoms with E-state index in [9.17, 15) is 9.59 Å². The Bertz CT molecular complexity index is 1030. The van der Waals surface area contributed by atoms with Gasteiger partial charge in [-0.1, -0.05) is 36.7 Å².